The van der Waals surface area contributed by atoms with Gasteiger partial charge in [-0.2, -0.15) is 0 Å². The molecule has 21 heavy (non-hydrogen) atoms. The Kier molecular flexibility index (Phi) is 7.38. The van der Waals surface area contributed by atoms with Gasteiger partial charge >= 0.3 is 18.1 Å². The number of thioether (sulfide) groups is 2. The first kappa shape index (κ1) is 17.6. The molecule has 0 saturated carbocycles. The van der Waals surface area contributed by atoms with Gasteiger partial charge in [0.05, 0.1) is 16.9 Å². The largest absolute Gasteiger partial charge is 0.516 e. The molecule has 1 aliphatic heterocycles. The monoisotopic (exact) mass is 332 g/mol. The van der Waals surface area contributed by atoms with E-state index in [9.17, 15) is 14.4 Å². The van der Waals surface area contributed by atoms with Gasteiger partial charge in [0.2, 0.25) is 0 Å². The van der Waals surface area contributed by atoms with Gasteiger partial charge in [-0.3, -0.25) is 0 Å². The minimum absolute atomic E-state index is 0.0698. The van der Waals surface area contributed by atoms with Crippen molar-refractivity contribution >= 4 is 41.6 Å². The summed E-state index contributed by atoms with van der Waals surface area (Å²) in [6.45, 7) is 5.21. The first-order valence-corrected chi connectivity index (χ1v) is 8.08. The molecule has 0 spiro atoms. The highest BCUT2D eigenvalue weighted by Gasteiger charge is 2.30. The first-order valence-electron chi connectivity index (χ1n) is 6.32. The Bertz CT molecular complexity index is 473. The quantitative estimate of drug-likeness (QED) is 0.329. The van der Waals surface area contributed by atoms with E-state index in [2.05, 4.69) is 9.47 Å². The van der Waals surface area contributed by atoms with Crippen LogP contribution in [0.2, 0.25) is 0 Å². The van der Waals surface area contributed by atoms with Gasteiger partial charge < -0.3 is 14.2 Å². The fourth-order valence-electron chi connectivity index (χ4n) is 1.17. The maximum atomic E-state index is 12.1. The summed E-state index contributed by atoms with van der Waals surface area (Å²) in [5.74, 6) is -1.88. The van der Waals surface area contributed by atoms with Crippen LogP contribution in [0.4, 0.5) is 4.79 Å². The summed E-state index contributed by atoms with van der Waals surface area (Å²) in [7, 11) is 0. The van der Waals surface area contributed by atoms with Crippen molar-refractivity contribution in [2.24, 2.45) is 0 Å². The lowest BCUT2D eigenvalue weighted by molar-refractivity contribution is -0.148. The van der Waals surface area contributed by atoms with E-state index < -0.39 is 18.1 Å². The molecule has 0 aromatic carbocycles. The summed E-state index contributed by atoms with van der Waals surface area (Å²) in [5.41, 5.74) is -0.289. The predicted octanol–water partition coefficient (Wildman–Crippen LogP) is 3.19. The molecular formula is C13H16O6S2. The minimum Gasteiger partial charge on any atom is -0.459 e. The Morgan fingerprint density at radius 2 is 1.76 bits per heavy atom. The van der Waals surface area contributed by atoms with Crippen LogP contribution < -0.4 is 0 Å². The minimum atomic E-state index is -1.14. The lowest BCUT2D eigenvalue weighted by Gasteiger charge is -2.13. The van der Waals surface area contributed by atoms with Gasteiger partial charge in [0.1, 0.15) is 0 Å². The van der Waals surface area contributed by atoms with Crippen molar-refractivity contribution in [3.63, 3.8) is 0 Å². The summed E-state index contributed by atoms with van der Waals surface area (Å²) < 4.78 is 14.6. The van der Waals surface area contributed by atoms with Gasteiger partial charge in [-0.05, 0) is 31.1 Å². The third-order valence-electron chi connectivity index (χ3n) is 2.34. The molecule has 1 aliphatic rings. The SMILES string of the molecule is CCOC(=O)OC(=O)C(C(=O)OC(C)CC)=C1SC=CS1. The van der Waals surface area contributed by atoms with Gasteiger partial charge in [-0.25, -0.2) is 14.4 Å². The van der Waals surface area contributed by atoms with E-state index in [0.717, 1.165) is 0 Å². The van der Waals surface area contributed by atoms with Gasteiger partial charge in [-0.1, -0.05) is 30.4 Å². The summed E-state index contributed by atoms with van der Waals surface area (Å²) >= 11 is 2.38. The lowest BCUT2D eigenvalue weighted by Crippen LogP contribution is -2.24. The standard InChI is InChI=1S/C13H16O6S2/c1-4-8(3)18-10(14)9(12-20-6-7-21-12)11(15)19-13(16)17-5-2/h6-8H,4-5H2,1-3H3. The van der Waals surface area contributed by atoms with Crippen LogP contribution >= 0.6 is 23.5 Å². The summed E-state index contributed by atoms with van der Waals surface area (Å²) in [5, 5.41) is 3.43. The van der Waals surface area contributed by atoms with Gasteiger partial charge in [0.15, 0.2) is 5.57 Å². The molecule has 8 heteroatoms. The molecular weight excluding hydrogens is 316 g/mol. The third kappa shape index (κ3) is 5.47. The Morgan fingerprint density at radius 3 is 2.29 bits per heavy atom. The van der Waals surface area contributed by atoms with Crippen molar-refractivity contribution in [3.05, 3.63) is 20.6 Å². The van der Waals surface area contributed by atoms with Crippen LogP contribution in [0.5, 0.6) is 0 Å². The van der Waals surface area contributed by atoms with E-state index in [4.69, 9.17) is 4.74 Å². The summed E-state index contributed by atoms with van der Waals surface area (Å²) in [4.78, 5) is 35.3. The molecule has 0 aromatic rings. The molecule has 0 aromatic heterocycles. The maximum absolute atomic E-state index is 12.1. The number of esters is 2. The van der Waals surface area contributed by atoms with E-state index in [1.54, 1.807) is 24.7 Å². The highest BCUT2D eigenvalue weighted by molar-refractivity contribution is 8.27. The molecule has 0 N–H and O–H groups in total. The van der Waals surface area contributed by atoms with Crippen LogP contribution in [-0.2, 0) is 23.8 Å². The highest BCUT2D eigenvalue weighted by Crippen LogP contribution is 2.40. The number of carbonyl (C=O) groups is 3. The van der Waals surface area contributed by atoms with E-state index in [0.29, 0.717) is 10.7 Å². The number of hydrogen-bond donors (Lipinski definition) is 0. The molecule has 1 rings (SSSR count). The molecule has 0 amide bonds. The molecule has 1 atom stereocenters. The van der Waals surface area contributed by atoms with Crippen LogP contribution in [0.3, 0.4) is 0 Å². The molecule has 0 aliphatic carbocycles. The number of hydrogen-bond acceptors (Lipinski definition) is 8. The molecule has 1 heterocycles. The van der Waals surface area contributed by atoms with E-state index >= 15 is 0 Å². The Labute approximate surface area is 131 Å². The second-order valence-electron chi connectivity index (χ2n) is 3.87. The van der Waals surface area contributed by atoms with E-state index in [-0.39, 0.29) is 18.3 Å². The number of rotatable bonds is 5. The van der Waals surface area contributed by atoms with Crippen molar-refractivity contribution in [3.8, 4) is 0 Å². The third-order valence-corrected chi connectivity index (χ3v) is 4.47. The number of ether oxygens (including phenoxy) is 3. The fraction of sp³-hybridized carbons (Fsp3) is 0.462. The molecule has 6 nitrogen and oxygen atoms in total. The zero-order valence-electron chi connectivity index (χ0n) is 11.9. The zero-order chi connectivity index (χ0) is 15.8. The molecule has 1 unspecified atom stereocenters. The highest BCUT2D eigenvalue weighted by atomic mass is 32.2. The normalized spacial score (nSPS) is 14.5. The Hall–Kier alpha value is -1.41. The second-order valence-corrected chi connectivity index (χ2v) is 5.96. The lowest BCUT2D eigenvalue weighted by atomic mass is 10.3. The zero-order valence-corrected chi connectivity index (χ0v) is 13.5. The van der Waals surface area contributed by atoms with Gasteiger partial charge in [0.25, 0.3) is 0 Å². The molecule has 0 saturated heterocycles. The molecule has 0 fully saturated rings. The average Bonchev–Trinajstić information content (AvgIpc) is 2.92. The van der Waals surface area contributed by atoms with Crippen molar-refractivity contribution in [1.29, 1.82) is 0 Å². The Morgan fingerprint density at radius 1 is 1.14 bits per heavy atom. The fourth-order valence-corrected chi connectivity index (χ4v) is 2.99. The second kappa shape index (κ2) is 8.78. The van der Waals surface area contributed by atoms with E-state index in [1.807, 2.05) is 6.92 Å². The van der Waals surface area contributed by atoms with Crippen molar-refractivity contribution in [2.75, 3.05) is 6.61 Å². The number of carbonyl (C=O) groups excluding carboxylic acids is 3. The molecule has 116 valence electrons. The van der Waals surface area contributed by atoms with Gasteiger partial charge in [0, 0.05) is 0 Å². The van der Waals surface area contributed by atoms with Crippen LogP contribution in [0.1, 0.15) is 27.2 Å². The van der Waals surface area contributed by atoms with Gasteiger partial charge in [-0.15, -0.1) is 0 Å². The first-order chi connectivity index (χ1) is 9.99. The maximum Gasteiger partial charge on any atom is 0.516 e. The Balaban J connectivity index is 2.88. The van der Waals surface area contributed by atoms with E-state index in [1.165, 1.54) is 23.5 Å². The van der Waals surface area contributed by atoms with Crippen LogP contribution in [0.25, 0.3) is 0 Å². The predicted molar refractivity (Wildman–Crippen MR) is 80.3 cm³/mol. The summed E-state index contributed by atoms with van der Waals surface area (Å²) in [6.07, 6.45) is -0.870. The van der Waals surface area contributed by atoms with Crippen LogP contribution in [0, 0.1) is 0 Å². The summed E-state index contributed by atoms with van der Waals surface area (Å²) in [6, 6.07) is 0. The van der Waals surface area contributed by atoms with Crippen molar-refractivity contribution in [2.45, 2.75) is 33.3 Å². The molecule has 0 radical (unpaired) electrons. The average molecular weight is 332 g/mol. The van der Waals surface area contributed by atoms with Crippen LogP contribution in [-0.4, -0.2) is 30.8 Å². The smallest absolute Gasteiger partial charge is 0.459 e. The van der Waals surface area contributed by atoms with Crippen LogP contribution in [0.15, 0.2) is 20.6 Å². The molecule has 0 bridgehead atoms. The van der Waals surface area contributed by atoms with Crippen molar-refractivity contribution < 1.29 is 28.6 Å². The van der Waals surface area contributed by atoms with Crippen molar-refractivity contribution in [1.82, 2.24) is 0 Å². The topological polar surface area (TPSA) is 78.9 Å².